The molecule has 0 saturated heterocycles. The van der Waals surface area contributed by atoms with Crippen molar-refractivity contribution in [3.8, 4) is 0 Å². The first-order valence-corrected chi connectivity index (χ1v) is 6.09. The van der Waals surface area contributed by atoms with E-state index in [1.165, 1.54) is 6.07 Å². The van der Waals surface area contributed by atoms with Crippen LogP contribution < -0.4 is 5.32 Å². The molecular formula is C11H14BrFN2S. The molecule has 0 heterocycles. The van der Waals surface area contributed by atoms with Crippen molar-refractivity contribution in [1.82, 2.24) is 10.2 Å². The molecule has 88 valence electrons. The molecule has 0 aliphatic rings. The second-order valence-electron chi connectivity index (χ2n) is 3.68. The molecule has 0 spiro atoms. The Balaban J connectivity index is 2.59. The van der Waals surface area contributed by atoms with Crippen molar-refractivity contribution >= 4 is 33.1 Å². The van der Waals surface area contributed by atoms with E-state index < -0.39 is 0 Å². The van der Waals surface area contributed by atoms with Crippen molar-refractivity contribution in [2.75, 3.05) is 27.2 Å². The molecule has 2 nitrogen and oxygen atoms in total. The molecule has 0 amide bonds. The normalized spacial score (nSPS) is 10.6. The first-order valence-electron chi connectivity index (χ1n) is 4.88. The second kappa shape index (κ2) is 6.27. The predicted octanol–water partition coefficient (Wildman–Crippen LogP) is 2.41. The Morgan fingerprint density at radius 2 is 2.19 bits per heavy atom. The number of hydrogen-bond donors (Lipinski definition) is 1. The molecule has 1 aromatic carbocycles. The summed E-state index contributed by atoms with van der Waals surface area (Å²) in [5, 5.41) is 3.03. The summed E-state index contributed by atoms with van der Waals surface area (Å²) < 4.78 is 14.2. The van der Waals surface area contributed by atoms with E-state index in [0.717, 1.165) is 6.54 Å². The van der Waals surface area contributed by atoms with Crippen molar-refractivity contribution in [2.24, 2.45) is 0 Å². The Bertz CT molecular complexity index is 382. The van der Waals surface area contributed by atoms with Gasteiger partial charge in [-0.3, -0.25) is 0 Å². The van der Waals surface area contributed by atoms with E-state index in [-0.39, 0.29) is 5.82 Å². The van der Waals surface area contributed by atoms with Crippen LogP contribution in [0.2, 0.25) is 0 Å². The third kappa shape index (κ3) is 4.15. The summed E-state index contributed by atoms with van der Waals surface area (Å²) in [5.74, 6) is -0.309. The second-order valence-corrected chi connectivity index (χ2v) is 5.01. The molecule has 1 N–H and O–H groups in total. The van der Waals surface area contributed by atoms with E-state index in [0.29, 0.717) is 21.6 Å². The van der Waals surface area contributed by atoms with Crippen LogP contribution in [0, 0.1) is 5.82 Å². The van der Waals surface area contributed by atoms with E-state index in [1.54, 1.807) is 12.1 Å². The van der Waals surface area contributed by atoms with E-state index in [9.17, 15) is 4.39 Å². The Kier molecular flexibility index (Phi) is 5.31. The highest BCUT2D eigenvalue weighted by atomic mass is 79.9. The van der Waals surface area contributed by atoms with Gasteiger partial charge in [-0.25, -0.2) is 4.39 Å². The van der Waals surface area contributed by atoms with Gasteiger partial charge in [0.05, 0.1) is 0 Å². The fourth-order valence-corrected chi connectivity index (χ4v) is 1.76. The van der Waals surface area contributed by atoms with Crippen molar-refractivity contribution in [2.45, 2.75) is 0 Å². The molecule has 0 unspecified atom stereocenters. The van der Waals surface area contributed by atoms with Crippen LogP contribution in [0.4, 0.5) is 4.39 Å². The summed E-state index contributed by atoms with van der Waals surface area (Å²) in [7, 11) is 3.95. The van der Waals surface area contributed by atoms with Crippen LogP contribution in [0.5, 0.6) is 0 Å². The molecule has 5 heteroatoms. The Hall–Kier alpha value is -0.520. The highest BCUT2D eigenvalue weighted by molar-refractivity contribution is 9.10. The fraction of sp³-hybridized carbons (Fsp3) is 0.364. The van der Waals surface area contributed by atoms with Crippen molar-refractivity contribution in [3.05, 3.63) is 34.1 Å². The predicted molar refractivity (Wildman–Crippen MR) is 72.4 cm³/mol. The van der Waals surface area contributed by atoms with E-state index in [1.807, 2.05) is 19.0 Å². The molecule has 0 fully saturated rings. The minimum atomic E-state index is -0.309. The van der Waals surface area contributed by atoms with Gasteiger partial charge in [0.1, 0.15) is 10.8 Å². The Morgan fingerprint density at radius 1 is 1.50 bits per heavy atom. The monoisotopic (exact) mass is 304 g/mol. The zero-order valence-corrected chi connectivity index (χ0v) is 11.7. The van der Waals surface area contributed by atoms with Crippen molar-refractivity contribution < 1.29 is 4.39 Å². The number of nitrogens with one attached hydrogen (secondary N) is 1. The van der Waals surface area contributed by atoms with Crippen LogP contribution in [0.3, 0.4) is 0 Å². The van der Waals surface area contributed by atoms with Crippen molar-refractivity contribution in [1.29, 1.82) is 0 Å². The molecule has 0 atom stereocenters. The lowest BCUT2D eigenvalue weighted by atomic mass is 10.2. The molecule has 1 rings (SSSR count). The molecule has 1 aromatic rings. The minimum Gasteiger partial charge on any atom is -0.374 e. The average molecular weight is 305 g/mol. The summed E-state index contributed by atoms with van der Waals surface area (Å²) in [5.41, 5.74) is 0.442. The van der Waals surface area contributed by atoms with Crippen LogP contribution in [0.1, 0.15) is 5.56 Å². The number of hydrogen-bond acceptors (Lipinski definition) is 2. The number of benzene rings is 1. The SMILES string of the molecule is CN(C)CCNC(=S)c1ccc(Br)cc1F. The third-order valence-electron chi connectivity index (χ3n) is 2.02. The zero-order valence-electron chi connectivity index (χ0n) is 9.26. The molecular weight excluding hydrogens is 291 g/mol. The number of rotatable bonds is 4. The lowest BCUT2D eigenvalue weighted by Crippen LogP contribution is -2.31. The van der Waals surface area contributed by atoms with Gasteiger partial charge in [-0.1, -0.05) is 28.1 Å². The maximum absolute atomic E-state index is 13.5. The number of thiocarbonyl (C=S) groups is 1. The van der Waals surface area contributed by atoms with E-state index >= 15 is 0 Å². The molecule has 0 bridgehead atoms. The average Bonchev–Trinajstić information content (AvgIpc) is 2.16. The topological polar surface area (TPSA) is 15.3 Å². The fourth-order valence-electron chi connectivity index (χ4n) is 1.16. The molecule has 0 aromatic heterocycles. The number of halogens is 2. The maximum Gasteiger partial charge on any atom is 0.134 e. The van der Waals surface area contributed by atoms with E-state index in [2.05, 4.69) is 21.2 Å². The molecule has 16 heavy (non-hydrogen) atoms. The summed E-state index contributed by atoms with van der Waals surface area (Å²) in [4.78, 5) is 2.49. The van der Waals surface area contributed by atoms with Gasteiger partial charge in [0.15, 0.2) is 0 Å². The van der Waals surface area contributed by atoms with Gasteiger partial charge in [0.25, 0.3) is 0 Å². The molecule has 0 saturated carbocycles. The minimum absolute atomic E-state index is 0.309. The lowest BCUT2D eigenvalue weighted by Gasteiger charge is -2.12. The Labute approximate surface area is 109 Å². The molecule has 0 aliphatic carbocycles. The van der Waals surface area contributed by atoms with Gasteiger partial charge in [0.2, 0.25) is 0 Å². The molecule has 0 radical (unpaired) electrons. The molecule has 0 aliphatic heterocycles. The van der Waals surface area contributed by atoms with Gasteiger partial charge in [-0.15, -0.1) is 0 Å². The summed E-state index contributed by atoms with van der Waals surface area (Å²) >= 11 is 8.33. The largest absolute Gasteiger partial charge is 0.374 e. The summed E-state index contributed by atoms with van der Waals surface area (Å²) in [6.45, 7) is 1.57. The first-order chi connectivity index (χ1) is 7.50. The van der Waals surface area contributed by atoms with Crippen LogP contribution in [-0.2, 0) is 0 Å². The van der Waals surface area contributed by atoms with Gasteiger partial charge in [0, 0.05) is 23.1 Å². The highest BCUT2D eigenvalue weighted by Crippen LogP contribution is 2.15. The van der Waals surface area contributed by atoms with Crippen LogP contribution in [0.15, 0.2) is 22.7 Å². The van der Waals surface area contributed by atoms with Crippen LogP contribution >= 0.6 is 28.1 Å². The summed E-state index contributed by atoms with van der Waals surface area (Å²) in [6.07, 6.45) is 0. The van der Waals surface area contributed by atoms with Gasteiger partial charge < -0.3 is 10.2 Å². The maximum atomic E-state index is 13.5. The van der Waals surface area contributed by atoms with Crippen LogP contribution in [0.25, 0.3) is 0 Å². The quantitative estimate of drug-likeness (QED) is 0.860. The number of likely N-dealkylation sites (N-methyl/N-ethyl adjacent to an activating group) is 1. The Morgan fingerprint density at radius 3 is 2.75 bits per heavy atom. The smallest absolute Gasteiger partial charge is 0.134 e. The standard InChI is InChI=1S/C11H14BrFN2S/c1-15(2)6-5-14-11(16)9-4-3-8(12)7-10(9)13/h3-4,7H,5-6H2,1-2H3,(H,14,16). The number of nitrogens with zero attached hydrogens (tertiary/aromatic N) is 1. The first kappa shape index (κ1) is 13.5. The third-order valence-corrected chi connectivity index (χ3v) is 2.88. The van der Waals surface area contributed by atoms with E-state index in [4.69, 9.17) is 12.2 Å². The van der Waals surface area contributed by atoms with Crippen molar-refractivity contribution in [3.63, 3.8) is 0 Å². The van der Waals surface area contributed by atoms with Gasteiger partial charge in [-0.2, -0.15) is 0 Å². The van der Waals surface area contributed by atoms with Crippen LogP contribution in [-0.4, -0.2) is 37.1 Å². The highest BCUT2D eigenvalue weighted by Gasteiger charge is 2.07. The van der Waals surface area contributed by atoms with Gasteiger partial charge in [-0.05, 0) is 32.3 Å². The summed E-state index contributed by atoms with van der Waals surface area (Å²) in [6, 6.07) is 4.86. The lowest BCUT2D eigenvalue weighted by molar-refractivity contribution is 0.413. The van der Waals surface area contributed by atoms with Gasteiger partial charge >= 0.3 is 0 Å². The zero-order chi connectivity index (χ0) is 12.1.